The SMILES string of the molecule is CSCCC(NC(=O)C(CC(C)C)NC(=O)C(N)Cc1ccc(O)cc1)C(=O)NC(CS)C(=O)O. The summed E-state index contributed by atoms with van der Waals surface area (Å²) >= 11 is 5.42. The van der Waals surface area contributed by atoms with Crippen molar-refractivity contribution in [1.29, 1.82) is 0 Å². The second-order valence-electron chi connectivity index (χ2n) is 8.59. The molecule has 0 heterocycles. The first-order valence-corrected chi connectivity index (χ1v) is 13.3. The van der Waals surface area contributed by atoms with Gasteiger partial charge >= 0.3 is 5.97 Å². The van der Waals surface area contributed by atoms with Crippen LogP contribution in [-0.4, -0.2) is 75.8 Å². The Morgan fingerprint density at radius 1 is 0.971 bits per heavy atom. The van der Waals surface area contributed by atoms with Crippen molar-refractivity contribution in [2.45, 2.75) is 57.3 Å². The van der Waals surface area contributed by atoms with Gasteiger partial charge in [0, 0.05) is 5.75 Å². The van der Waals surface area contributed by atoms with Gasteiger partial charge in [-0.3, -0.25) is 14.4 Å². The molecule has 0 aliphatic rings. The first kappa shape index (κ1) is 30.6. The monoisotopic (exact) mass is 528 g/mol. The molecule has 0 aromatic heterocycles. The van der Waals surface area contributed by atoms with E-state index in [2.05, 4.69) is 28.6 Å². The van der Waals surface area contributed by atoms with E-state index in [4.69, 9.17) is 5.73 Å². The van der Waals surface area contributed by atoms with Gasteiger partial charge in [0.1, 0.15) is 23.9 Å². The van der Waals surface area contributed by atoms with Gasteiger partial charge in [-0.2, -0.15) is 24.4 Å². The predicted octanol–water partition coefficient (Wildman–Crippen LogP) is 0.530. The number of hydrogen-bond acceptors (Lipinski definition) is 8. The van der Waals surface area contributed by atoms with Crippen LogP contribution >= 0.6 is 24.4 Å². The summed E-state index contributed by atoms with van der Waals surface area (Å²) in [6.45, 7) is 3.79. The number of aromatic hydroxyl groups is 1. The van der Waals surface area contributed by atoms with E-state index in [1.807, 2.05) is 20.1 Å². The molecule has 0 fully saturated rings. The zero-order valence-corrected chi connectivity index (χ0v) is 21.9. The molecule has 0 bridgehead atoms. The number of nitrogens with one attached hydrogen (secondary N) is 3. The highest BCUT2D eigenvalue weighted by Crippen LogP contribution is 2.12. The number of thiol groups is 1. The number of hydrogen-bond donors (Lipinski definition) is 7. The maximum absolute atomic E-state index is 13.1. The van der Waals surface area contributed by atoms with Crippen LogP contribution < -0.4 is 21.7 Å². The Labute approximate surface area is 215 Å². The normalized spacial score (nSPS) is 14.5. The summed E-state index contributed by atoms with van der Waals surface area (Å²) in [7, 11) is 0. The number of amides is 3. The van der Waals surface area contributed by atoms with E-state index >= 15 is 0 Å². The van der Waals surface area contributed by atoms with Crippen molar-refractivity contribution < 1.29 is 29.4 Å². The summed E-state index contributed by atoms with van der Waals surface area (Å²) in [4.78, 5) is 49.8. The van der Waals surface area contributed by atoms with Gasteiger partial charge in [-0.15, -0.1) is 0 Å². The summed E-state index contributed by atoms with van der Waals surface area (Å²) in [5, 5.41) is 26.3. The van der Waals surface area contributed by atoms with Crippen molar-refractivity contribution >= 4 is 48.1 Å². The number of rotatable bonds is 15. The first-order chi connectivity index (χ1) is 16.5. The molecule has 1 aromatic carbocycles. The van der Waals surface area contributed by atoms with Crippen molar-refractivity contribution in [3.05, 3.63) is 29.8 Å². The lowest BCUT2D eigenvalue weighted by atomic mass is 10.0. The Kier molecular flexibility index (Phi) is 13.6. The number of phenolic OH excluding ortho intramolecular Hbond substituents is 1. The smallest absolute Gasteiger partial charge is 0.327 e. The summed E-state index contributed by atoms with van der Waals surface area (Å²) in [5.41, 5.74) is 6.80. The summed E-state index contributed by atoms with van der Waals surface area (Å²) in [6, 6.07) is 2.28. The lowest BCUT2D eigenvalue weighted by Crippen LogP contribution is -2.57. The third-order valence-electron chi connectivity index (χ3n) is 5.11. The minimum Gasteiger partial charge on any atom is -0.508 e. The van der Waals surface area contributed by atoms with Crippen LogP contribution in [0.15, 0.2) is 24.3 Å². The number of aliphatic carboxylic acids is 1. The number of carbonyl (C=O) groups is 4. The molecule has 4 unspecified atom stereocenters. The van der Waals surface area contributed by atoms with Gasteiger partial charge in [0.2, 0.25) is 17.7 Å². The second-order valence-corrected chi connectivity index (χ2v) is 9.94. The maximum Gasteiger partial charge on any atom is 0.327 e. The zero-order valence-electron chi connectivity index (χ0n) is 20.2. The van der Waals surface area contributed by atoms with Crippen LogP contribution in [0.2, 0.25) is 0 Å². The zero-order chi connectivity index (χ0) is 26.5. The van der Waals surface area contributed by atoms with E-state index in [-0.39, 0.29) is 30.3 Å². The summed E-state index contributed by atoms with van der Waals surface area (Å²) in [6.07, 6.45) is 2.65. The van der Waals surface area contributed by atoms with Crippen LogP contribution in [0.5, 0.6) is 5.75 Å². The Bertz CT molecular complexity index is 853. The molecule has 0 aliphatic carbocycles. The van der Waals surface area contributed by atoms with E-state index < -0.39 is 47.9 Å². The fourth-order valence-corrected chi connectivity index (χ4v) is 3.91. The molecule has 7 N–H and O–H groups in total. The summed E-state index contributed by atoms with van der Waals surface area (Å²) < 4.78 is 0. The summed E-state index contributed by atoms with van der Waals surface area (Å²) in [5.74, 6) is -2.33. The lowest BCUT2D eigenvalue weighted by molar-refractivity contribution is -0.141. The maximum atomic E-state index is 13.1. The van der Waals surface area contributed by atoms with E-state index in [1.165, 1.54) is 23.9 Å². The lowest BCUT2D eigenvalue weighted by Gasteiger charge is -2.26. The van der Waals surface area contributed by atoms with Crippen molar-refractivity contribution in [1.82, 2.24) is 16.0 Å². The number of benzene rings is 1. The van der Waals surface area contributed by atoms with Crippen LogP contribution in [0.25, 0.3) is 0 Å². The highest BCUT2D eigenvalue weighted by molar-refractivity contribution is 7.98. The van der Waals surface area contributed by atoms with Crippen LogP contribution in [-0.2, 0) is 25.6 Å². The van der Waals surface area contributed by atoms with Crippen LogP contribution in [0, 0.1) is 5.92 Å². The van der Waals surface area contributed by atoms with Gasteiger partial charge in [0.05, 0.1) is 6.04 Å². The third kappa shape index (κ3) is 11.2. The molecule has 0 saturated heterocycles. The second kappa shape index (κ2) is 15.5. The third-order valence-corrected chi connectivity index (χ3v) is 6.12. The average Bonchev–Trinajstić information content (AvgIpc) is 2.80. The molecule has 196 valence electrons. The number of carboxylic acid groups (broad SMARTS) is 1. The van der Waals surface area contributed by atoms with E-state index in [9.17, 15) is 29.4 Å². The molecule has 1 rings (SSSR count). The number of thioether (sulfide) groups is 1. The molecule has 0 saturated carbocycles. The minimum absolute atomic E-state index is 0.0541. The van der Waals surface area contributed by atoms with Crippen LogP contribution in [0.1, 0.15) is 32.3 Å². The number of carboxylic acids is 1. The fraction of sp³-hybridized carbons (Fsp3) is 0.565. The van der Waals surface area contributed by atoms with Gasteiger partial charge < -0.3 is 31.9 Å². The molecule has 12 heteroatoms. The van der Waals surface area contributed by atoms with Crippen molar-refractivity contribution in [3.63, 3.8) is 0 Å². The molecule has 0 aliphatic heterocycles. The predicted molar refractivity (Wildman–Crippen MR) is 140 cm³/mol. The molecule has 3 amide bonds. The fourth-order valence-electron chi connectivity index (χ4n) is 3.19. The molecule has 1 aromatic rings. The Morgan fingerprint density at radius 3 is 2.03 bits per heavy atom. The number of nitrogens with two attached hydrogens (primary N) is 1. The van der Waals surface area contributed by atoms with E-state index in [0.717, 1.165) is 5.56 Å². The van der Waals surface area contributed by atoms with Gasteiger partial charge in [0.25, 0.3) is 0 Å². The Balaban J connectivity index is 2.91. The topological polar surface area (TPSA) is 171 Å². The van der Waals surface area contributed by atoms with E-state index in [1.54, 1.807) is 12.1 Å². The van der Waals surface area contributed by atoms with Crippen LogP contribution in [0.3, 0.4) is 0 Å². The molecule has 35 heavy (non-hydrogen) atoms. The largest absolute Gasteiger partial charge is 0.508 e. The van der Waals surface area contributed by atoms with Crippen molar-refractivity contribution in [3.8, 4) is 5.75 Å². The Hall–Kier alpha value is -2.44. The first-order valence-electron chi connectivity index (χ1n) is 11.3. The average molecular weight is 529 g/mol. The highest BCUT2D eigenvalue weighted by Gasteiger charge is 2.30. The van der Waals surface area contributed by atoms with Gasteiger partial charge in [-0.05, 0) is 54.9 Å². The van der Waals surface area contributed by atoms with E-state index in [0.29, 0.717) is 12.2 Å². The molecule has 0 spiro atoms. The Morgan fingerprint density at radius 2 is 1.51 bits per heavy atom. The molecule has 4 atom stereocenters. The molecule has 10 nitrogen and oxygen atoms in total. The van der Waals surface area contributed by atoms with Gasteiger partial charge in [0.15, 0.2) is 0 Å². The molecular weight excluding hydrogens is 492 g/mol. The number of phenols is 1. The van der Waals surface area contributed by atoms with Crippen molar-refractivity contribution in [2.75, 3.05) is 17.8 Å². The van der Waals surface area contributed by atoms with Gasteiger partial charge in [-0.1, -0.05) is 26.0 Å². The van der Waals surface area contributed by atoms with Crippen LogP contribution in [0.4, 0.5) is 0 Å². The molecule has 0 radical (unpaired) electrons. The highest BCUT2D eigenvalue weighted by atomic mass is 32.2. The standard InChI is InChI=1S/C23H36N4O6S2/c1-13(2)10-18(26-20(29)16(24)11-14-4-6-15(28)7-5-14)22(31)25-17(8-9-35-3)21(30)27-19(12-34)23(32)33/h4-7,13,16-19,28,34H,8-12,24H2,1-3H3,(H,25,31)(H,26,29)(H,27,30)(H,32,33). The molecular formula is C23H36N4O6S2. The van der Waals surface area contributed by atoms with Crippen molar-refractivity contribution in [2.24, 2.45) is 11.7 Å². The quantitative estimate of drug-likeness (QED) is 0.162. The number of carbonyl (C=O) groups excluding carboxylic acids is 3. The van der Waals surface area contributed by atoms with Gasteiger partial charge in [-0.25, -0.2) is 4.79 Å². The minimum atomic E-state index is -1.23.